The first-order chi connectivity index (χ1) is 16.1. The summed E-state index contributed by atoms with van der Waals surface area (Å²) in [5.74, 6) is 0.318. The van der Waals surface area contributed by atoms with Crippen molar-refractivity contribution in [2.24, 2.45) is 5.16 Å². The van der Waals surface area contributed by atoms with Gasteiger partial charge in [0.2, 0.25) is 0 Å². The van der Waals surface area contributed by atoms with Crippen molar-refractivity contribution >= 4 is 40.2 Å². The summed E-state index contributed by atoms with van der Waals surface area (Å²) in [5, 5.41) is 9.53. The highest BCUT2D eigenvalue weighted by Crippen LogP contribution is 2.25. The number of hydrogen-bond acceptors (Lipinski definition) is 4. The lowest BCUT2D eigenvalue weighted by Gasteiger charge is -2.11. The smallest absolute Gasteiger partial charge is 0.265 e. The zero-order valence-electron chi connectivity index (χ0n) is 18.1. The molecule has 0 saturated carbocycles. The van der Waals surface area contributed by atoms with E-state index in [-0.39, 0.29) is 12.5 Å². The molecule has 0 aliphatic rings. The van der Waals surface area contributed by atoms with Gasteiger partial charge in [0, 0.05) is 16.3 Å². The first kappa shape index (κ1) is 22.4. The number of anilines is 1. The van der Waals surface area contributed by atoms with Crippen LogP contribution in [-0.2, 0) is 16.2 Å². The minimum atomic E-state index is -0.297. The molecule has 4 aromatic carbocycles. The van der Waals surface area contributed by atoms with Crippen molar-refractivity contribution in [2.45, 2.75) is 13.5 Å². The van der Waals surface area contributed by atoms with E-state index in [0.717, 1.165) is 21.9 Å². The van der Waals surface area contributed by atoms with Crippen molar-refractivity contribution in [3.05, 3.63) is 107 Å². The molecule has 4 aromatic rings. The molecule has 0 fully saturated rings. The van der Waals surface area contributed by atoms with Crippen LogP contribution in [0.3, 0.4) is 0 Å². The van der Waals surface area contributed by atoms with Crippen LogP contribution >= 0.6 is 11.6 Å². The monoisotopic (exact) mass is 458 g/mol. The highest BCUT2D eigenvalue weighted by atomic mass is 35.5. The Bertz CT molecular complexity index is 1280. The molecule has 0 aliphatic carbocycles. The van der Waals surface area contributed by atoms with E-state index in [1.54, 1.807) is 18.2 Å². The van der Waals surface area contributed by atoms with Crippen molar-refractivity contribution < 1.29 is 14.4 Å². The van der Waals surface area contributed by atoms with E-state index in [1.165, 1.54) is 6.21 Å². The quantitative estimate of drug-likeness (QED) is 0.246. The fraction of sp³-hybridized carbons (Fsp3) is 0.111. The molecule has 0 aliphatic heterocycles. The number of rotatable bonds is 8. The fourth-order valence-electron chi connectivity index (χ4n) is 3.35. The maximum Gasteiger partial charge on any atom is 0.265 e. The molecule has 6 heteroatoms. The molecule has 0 spiro atoms. The number of oxime groups is 1. The van der Waals surface area contributed by atoms with Crippen molar-refractivity contribution in [3.63, 3.8) is 0 Å². The number of nitrogens with one attached hydrogen (secondary N) is 1. The van der Waals surface area contributed by atoms with Crippen LogP contribution in [0.15, 0.2) is 90.1 Å². The van der Waals surface area contributed by atoms with Crippen molar-refractivity contribution in [1.82, 2.24) is 0 Å². The second-order valence-electron chi connectivity index (χ2n) is 7.53. The Morgan fingerprint density at radius 2 is 1.79 bits per heavy atom. The van der Waals surface area contributed by atoms with Gasteiger partial charge >= 0.3 is 0 Å². The summed E-state index contributed by atoms with van der Waals surface area (Å²) in [6, 6.07) is 27.1. The van der Waals surface area contributed by atoms with Crippen LogP contribution in [0, 0.1) is 6.92 Å². The lowest BCUT2D eigenvalue weighted by atomic mass is 10.1. The van der Waals surface area contributed by atoms with E-state index in [0.29, 0.717) is 28.6 Å². The Hall–Kier alpha value is -3.83. The fourth-order valence-corrected chi connectivity index (χ4v) is 3.53. The summed E-state index contributed by atoms with van der Waals surface area (Å²) in [5.41, 5.74) is 3.56. The molecule has 4 rings (SSSR count). The van der Waals surface area contributed by atoms with Crippen molar-refractivity contribution in [2.75, 3.05) is 11.9 Å². The molecule has 0 radical (unpaired) electrons. The van der Waals surface area contributed by atoms with Gasteiger partial charge in [-0.05, 0) is 53.6 Å². The number of amides is 1. The van der Waals surface area contributed by atoms with E-state index >= 15 is 0 Å². The van der Waals surface area contributed by atoms with E-state index in [4.69, 9.17) is 21.2 Å². The van der Waals surface area contributed by atoms with Crippen LogP contribution in [0.4, 0.5) is 5.69 Å². The van der Waals surface area contributed by atoms with Crippen LogP contribution in [0.25, 0.3) is 10.8 Å². The average molecular weight is 459 g/mol. The van der Waals surface area contributed by atoms with Gasteiger partial charge in [-0.25, -0.2) is 0 Å². The number of aryl methyl sites for hydroxylation is 1. The topological polar surface area (TPSA) is 59.9 Å². The van der Waals surface area contributed by atoms with Crippen molar-refractivity contribution in [1.29, 1.82) is 0 Å². The maximum atomic E-state index is 12.0. The number of ether oxygens (including phenoxy) is 1. The summed E-state index contributed by atoms with van der Waals surface area (Å²) in [4.78, 5) is 17.2. The number of fused-ring (bicyclic) bond motifs is 1. The average Bonchev–Trinajstić information content (AvgIpc) is 2.83. The third-order valence-electron chi connectivity index (χ3n) is 5.03. The zero-order valence-corrected chi connectivity index (χ0v) is 18.9. The van der Waals surface area contributed by atoms with Crippen LogP contribution in [0.1, 0.15) is 16.7 Å². The third-order valence-corrected chi connectivity index (χ3v) is 5.27. The molecule has 1 N–H and O–H groups in total. The largest absolute Gasteiger partial charge is 0.488 e. The second-order valence-corrected chi connectivity index (χ2v) is 7.97. The number of benzene rings is 4. The lowest BCUT2D eigenvalue weighted by molar-refractivity contribution is -0.120. The SMILES string of the molecule is Cc1ccc(NC(=O)CON=Cc2cc(Cl)ccc2OCc2cccc3ccccc23)cc1. The molecule has 0 saturated heterocycles. The number of nitrogens with zero attached hydrogens (tertiary/aromatic N) is 1. The first-order valence-corrected chi connectivity index (χ1v) is 10.9. The number of carbonyl (C=O) groups is 1. The second kappa shape index (κ2) is 10.7. The van der Waals surface area contributed by atoms with Gasteiger partial charge in [-0.2, -0.15) is 0 Å². The first-order valence-electron chi connectivity index (χ1n) is 10.5. The molecule has 33 heavy (non-hydrogen) atoms. The molecule has 0 unspecified atom stereocenters. The Labute approximate surface area is 197 Å². The molecule has 166 valence electrons. The summed E-state index contributed by atoms with van der Waals surface area (Å²) in [6.45, 7) is 2.17. The Kier molecular flexibility index (Phi) is 7.22. The summed E-state index contributed by atoms with van der Waals surface area (Å²) >= 11 is 6.15. The minimum absolute atomic E-state index is 0.211. The number of halogens is 1. The van der Waals surface area contributed by atoms with Crippen LogP contribution in [-0.4, -0.2) is 18.7 Å². The van der Waals surface area contributed by atoms with E-state index in [2.05, 4.69) is 28.7 Å². The van der Waals surface area contributed by atoms with Gasteiger partial charge in [0.15, 0.2) is 6.61 Å². The lowest BCUT2D eigenvalue weighted by Crippen LogP contribution is -2.16. The Morgan fingerprint density at radius 1 is 1.00 bits per heavy atom. The van der Waals surface area contributed by atoms with Gasteiger partial charge in [-0.1, -0.05) is 76.9 Å². The molecule has 0 atom stereocenters. The van der Waals surface area contributed by atoms with Gasteiger partial charge in [0.05, 0.1) is 6.21 Å². The Morgan fingerprint density at radius 3 is 2.64 bits per heavy atom. The molecule has 1 amide bonds. The Balaban J connectivity index is 1.37. The van der Waals surface area contributed by atoms with Crippen molar-refractivity contribution in [3.8, 4) is 5.75 Å². The van der Waals surface area contributed by atoms with Crippen LogP contribution in [0.2, 0.25) is 5.02 Å². The predicted molar refractivity (Wildman–Crippen MR) is 133 cm³/mol. The normalized spacial score (nSPS) is 11.0. The standard InChI is InChI=1S/C27H23ClN2O3/c1-19-9-12-24(13-10-19)30-27(31)18-33-29-16-22-15-23(28)11-14-26(22)32-17-21-7-4-6-20-5-2-3-8-25(20)21/h2-16H,17-18H2,1H3,(H,30,31). The molecular formula is C27H23ClN2O3. The van der Waals surface area contributed by atoms with E-state index < -0.39 is 0 Å². The number of hydrogen-bond donors (Lipinski definition) is 1. The van der Waals surface area contributed by atoms with E-state index in [9.17, 15) is 4.79 Å². The molecule has 0 bridgehead atoms. The van der Waals surface area contributed by atoms with Gasteiger partial charge in [0.1, 0.15) is 12.4 Å². The molecule has 0 aromatic heterocycles. The zero-order chi connectivity index (χ0) is 23.0. The molecule has 0 heterocycles. The maximum absolute atomic E-state index is 12.0. The van der Waals surface area contributed by atoms with Gasteiger partial charge in [0.25, 0.3) is 5.91 Å². The van der Waals surface area contributed by atoms with Gasteiger partial charge in [-0.15, -0.1) is 0 Å². The highest BCUT2D eigenvalue weighted by molar-refractivity contribution is 6.30. The molecule has 5 nitrogen and oxygen atoms in total. The third kappa shape index (κ3) is 6.11. The van der Waals surface area contributed by atoms with E-state index in [1.807, 2.05) is 55.5 Å². The highest BCUT2D eigenvalue weighted by Gasteiger charge is 2.07. The number of carbonyl (C=O) groups excluding carboxylic acids is 1. The van der Waals surface area contributed by atoms with Crippen LogP contribution < -0.4 is 10.1 Å². The minimum Gasteiger partial charge on any atom is -0.488 e. The summed E-state index contributed by atoms with van der Waals surface area (Å²) in [6.07, 6.45) is 1.49. The predicted octanol–water partition coefficient (Wildman–Crippen LogP) is 6.37. The van der Waals surface area contributed by atoms with Gasteiger partial charge in [-0.3, -0.25) is 4.79 Å². The molecular weight excluding hydrogens is 436 g/mol. The van der Waals surface area contributed by atoms with Gasteiger partial charge < -0.3 is 14.9 Å². The summed E-state index contributed by atoms with van der Waals surface area (Å²) < 4.78 is 6.07. The summed E-state index contributed by atoms with van der Waals surface area (Å²) in [7, 11) is 0. The van der Waals surface area contributed by atoms with Crippen LogP contribution in [0.5, 0.6) is 5.75 Å².